The molecule has 1 N–H and O–H groups in total. The van der Waals surface area contributed by atoms with E-state index in [0.29, 0.717) is 12.8 Å². The van der Waals surface area contributed by atoms with E-state index in [1.165, 1.54) is 14.0 Å². The van der Waals surface area contributed by atoms with Gasteiger partial charge >= 0.3 is 11.9 Å². The number of Topliss-reactive ketones (excluding diaryl/α,β-unsaturated/α-hetero) is 1. The first-order valence-corrected chi connectivity index (χ1v) is 11.4. The molecule has 8 atom stereocenters. The fourth-order valence-corrected chi connectivity index (χ4v) is 7.61. The lowest BCUT2D eigenvalue weighted by Crippen LogP contribution is -2.56. The molecular weight excluding hydrogens is 412 g/mol. The summed E-state index contributed by atoms with van der Waals surface area (Å²) in [6, 6.07) is 0. The molecule has 174 valence electrons. The molecule has 0 saturated heterocycles. The van der Waals surface area contributed by atoms with Crippen molar-refractivity contribution in [2.75, 3.05) is 13.7 Å². The molecule has 3 saturated carbocycles. The monoisotopic (exact) mass is 444 g/mol. The molecular formula is C25H32O7. The molecule has 4 aliphatic rings. The Balaban J connectivity index is 1.72. The van der Waals surface area contributed by atoms with Crippen molar-refractivity contribution in [3.63, 3.8) is 0 Å². The number of esters is 2. The zero-order chi connectivity index (χ0) is 23.4. The van der Waals surface area contributed by atoms with E-state index in [-0.39, 0.29) is 35.9 Å². The first kappa shape index (κ1) is 22.9. The zero-order valence-corrected chi connectivity index (χ0v) is 19.1. The Kier molecular flexibility index (Phi) is 5.68. The van der Waals surface area contributed by atoms with Gasteiger partial charge in [0.1, 0.15) is 6.61 Å². The fraction of sp³-hybridized carbons (Fsp3) is 0.680. The maximum atomic E-state index is 13.2. The van der Waals surface area contributed by atoms with Gasteiger partial charge in [0.2, 0.25) is 0 Å². The van der Waals surface area contributed by atoms with E-state index < -0.39 is 40.7 Å². The van der Waals surface area contributed by atoms with Crippen LogP contribution in [0.3, 0.4) is 0 Å². The van der Waals surface area contributed by atoms with Gasteiger partial charge in [0.05, 0.1) is 19.1 Å². The van der Waals surface area contributed by atoms with Crippen LogP contribution in [0.5, 0.6) is 0 Å². The Hall–Kier alpha value is -2.28. The van der Waals surface area contributed by atoms with Crippen molar-refractivity contribution in [3.05, 3.63) is 23.8 Å². The fourth-order valence-electron chi connectivity index (χ4n) is 7.61. The van der Waals surface area contributed by atoms with E-state index in [2.05, 4.69) is 6.92 Å². The Morgan fingerprint density at radius 1 is 1.25 bits per heavy atom. The Morgan fingerprint density at radius 2 is 1.97 bits per heavy atom. The van der Waals surface area contributed by atoms with Crippen LogP contribution in [0.15, 0.2) is 23.8 Å². The van der Waals surface area contributed by atoms with Gasteiger partial charge in [0, 0.05) is 24.2 Å². The summed E-state index contributed by atoms with van der Waals surface area (Å²) in [5.74, 6) is -2.55. The second-order valence-electron chi connectivity index (χ2n) is 10.4. The van der Waals surface area contributed by atoms with E-state index >= 15 is 0 Å². The molecule has 32 heavy (non-hydrogen) atoms. The summed E-state index contributed by atoms with van der Waals surface area (Å²) >= 11 is 0. The highest BCUT2D eigenvalue weighted by Gasteiger charge is 2.66. The van der Waals surface area contributed by atoms with Gasteiger partial charge in [-0.3, -0.25) is 19.2 Å². The third kappa shape index (κ3) is 3.36. The maximum Gasteiger partial charge on any atom is 0.309 e. The van der Waals surface area contributed by atoms with Crippen molar-refractivity contribution >= 4 is 23.5 Å². The number of carbonyl (C=O) groups excluding carboxylic acids is 4. The summed E-state index contributed by atoms with van der Waals surface area (Å²) in [7, 11) is 1.32. The smallest absolute Gasteiger partial charge is 0.309 e. The molecule has 4 rings (SSSR count). The zero-order valence-electron chi connectivity index (χ0n) is 19.1. The minimum atomic E-state index is -0.687. The van der Waals surface area contributed by atoms with Gasteiger partial charge in [-0.1, -0.05) is 25.5 Å². The van der Waals surface area contributed by atoms with Crippen molar-refractivity contribution in [1.29, 1.82) is 0 Å². The molecule has 0 heterocycles. The van der Waals surface area contributed by atoms with Gasteiger partial charge in [-0.15, -0.1) is 0 Å². The molecule has 0 aromatic carbocycles. The van der Waals surface area contributed by atoms with Gasteiger partial charge in [0.25, 0.3) is 0 Å². The summed E-state index contributed by atoms with van der Waals surface area (Å²) in [6.45, 7) is 4.94. The molecule has 3 fully saturated rings. The van der Waals surface area contributed by atoms with Crippen LogP contribution in [0.1, 0.15) is 46.5 Å². The third-order valence-electron chi connectivity index (χ3n) is 8.82. The average Bonchev–Trinajstić information content (AvgIpc) is 3.04. The quantitative estimate of drug-likeness (QED) is 0.664. The molecule has 4 aliphatic carbocycles. The highest BCUT2D eigenvalue weighted by Crippen LogP contribution is 2.67. The van der Waals surface area contributed by atoms with E-state index in [9.17, 15) is 24.3 Å². The molecule has 0 aromatic heterocycles. The average molecular weight is 445 g/mol. The topological polar surface area (TPSA) is 107 Å². The predicted molar refractivity (Wildman–Crippen MR) is 114 cm³/mol. The first-order chi connectivity index (χ1) is 15.0. The van der Waals surface area contributed by atoms with E-state index in [1.807, 2.05) is 13.0 Å². The van der Waals surface area contributed by atoms with Gasteiger partial charge in [-0.25, -0.2) is 0 Å². The number of methoxy groups -OCH3 is 1. The van der Waals surface area contributed by atoms with Gasteiger partial charge in [0.15, 0.2) is 11.6 Å². The molecule has 0 aliphatic heterocycles. The lowest BCUT2D eigenvalue weighted by molar-refractivity contribution is -0.157. The van der Waals surface area contributed by atoms with Crippen LogP contribution >= 0.6 is 0 Å². The van der Waals surface area contributed by atoms with Crippen LogP contribution in [0.4, 0.5) is 0 Å². The summed E-state index contributed by atoms with van der Waals surface area (Å²) in [5, 5.41) is 11.4. The third-order valence-corrected chi connectivity index (χ3v) is 8.82. The predicted octanol–water partition coefficient (Wildman–Crippen LogP) is 2.41. The molecule has 7 nitrogen and oxygen atoms in total. The summed E-state index contributed by atoms with van der Waals surface area (Å²) in [4.78, 5) is 49.2. The van der Waals surface area contributed by atoms with Crippen molar-refractivity contribution in [2.24, 2.45) is 40.4 Å². The number of hydrogen-bond donors (Lipinski definition) is 1. The molecule has 0 amide bonds. The summed E-state index contributed by atoms with van der Waals surface area (Å²) < 4.78 is 10.0. The number of fused-ring (bicyclic) bond motifs is 5. The summed E-state index contributed by atoms with van der Waals surface area (Å²) in [6.07, 6.45) is 6.96. The molecule has 0 bridgehead atoms. The van der Waals surface area contributed by atoms with Crippen LogP contribution in [0.25, 0.3) is 0 Å². The molecule has 0 aromatic rings. The van der Waals surface area contributed by atoms with Crippen molar-refractivity contribution in [2.45, 2.75) is 52.6 Å². The summed E-state index contributed by atoms with van der Waals surface area (Å²) in [5.41, 5.74) is 0.0274. The van der Waals surface area contributed by atoms with Crippen LogP contribution in [0.2, 0.25) is 0 Å². The minimum absolute atomic E-state index is 0.0196. The van der Waals surface area contributed by atoms with Gasteiger partial charge in [-0.2, -0.15) is 0 Å². The number of carbonyl (C=O) groups is 4. The number of ketones is 2. The number of ether oxygens (including phenoxy) is 2. The van der Waals surface area contributed by atoms with Crippen molar-refractivity contribution in [3.8, 4) is 0 Å². The van der Waals surface area contributed by atoms with E-state index in [0.717, 1.165) is 18.4 Å². The van der Waals surface area contributed by atoms with Crippen molar-refractivity contribution < 1.29 is 33.8 Å². The van der Waals surface area contributed by atoms with E-state index in [1.54, 1.807) is 12.2 Å². The first-order valence-electron chi connectivity index (χ1n) is 11.4. The van der Waals surface area contributed by atoms with Crippen LogP contribution in [-0.2, 0) is 28.7 Å². The second kappa shape index (κ2) is 7.94. The van der Waals surface area contributed by atoms with Crippen LogP contribution in [-0.4, -0.2) is 48.4 Å². The Labute approximate surface area is 188 Å². The SMILES string of the molecule is COC(=O)[C@@H]1C[C@H]2[C@@H]3CCC4=CC(=O)C=C[C@]4(C)[C@H]3[C@@H](O)C[C@]2(C)[C@H]1C(=O)COC(C)=O. The molecule has 0 unspecified atom stereocenters. The standard InChI is InChI=1S/C25H32O7/c1-13(26)32-12-20(29)22-17(23(30)31-4)10-18-16-6-5-14-9-15(27)7-8-24(14,2)21(16)19(28)11-25(18,22)3/h7-9,16-19,21-22,28H,5-6,10-12H2,1-4H3/t16-,17+,18-,19-,21+,22+,24-,25-/m0/s1. The lowest BCUT2D eigenvalue weighted by atomic mass is 9.46. The highest BCUT2D eigenvalue weighted by atomic mass is 16.5. The number of aliphatic hydroxyl groups excluding tert-OH is 1. The minimum Gasteiger partial charge on any atom is -0.469 e. The highest BCUT2D eigenvalue weighted by molar-refractivity contribution is 6.01. The largest absolute Gasteiger partial charge is 0.469 e. The lowest BCUT2D eigenvalue weighted by Gasteiger charge is -2.58. The number of hydrogen-bond acceptors (Lipinski definition) is 7. The Morgan fingerprint density at radius 3 is 2.62 bits per heavy atom. The number of aliphatic hydroxyl groups is 1. The van der Waals surface area contributed by atoms with Crippen molar-refractivity contribution in [1.82, 2.24) is 0 Å². The molecule has 0 spiro atoms. The number of allylic oxidation sites excluding steroid dienone is 4. The molecule has 0 radical (unpaired) electrons. The van der Waals surface area contributed by atoms with Crippen LogP contribution < -0.4 is 0 Å². The van der Waals surface area contributed by atoms with Gasteiger partial charge in [-0.05, 0) is 55.1 Å². The van der Waals surface area contributed by atoms with Crippen LogP contribution in [0, 0.1) is 40.4 Å². The normalized spacial score (nSPS) is 42.3. The Bertz CT molecular complexity index is 917. The molecule has 7 heteroatoms. The van der Waals surface area contributed by atoms with Gasteiger partial charge < -0.3 is 14.6 Å². The maximum absolute atomic E-state index is 13.2. The number of rotatable bonds is 4. The second-order valence-corrected chi connectivity index (χ2v) is 10.4. The van der Waals surface area contributed by atoms with E-state index in [4.69, 9.17) is 9.47 Å².